The van der Waals surface area contributed by atoms with E-state index in [4.69, 9.17) is 4.74 Å². The van der Waals surface area contributed by atoms with Crippen LogP contribution in [0.15, 0.2) is 18.2 Å². The summed E-state index contributed by atoms with van der Waals surface area (Å²) in [6.07, 6.45) is 0. The lowest BCUT2D eigenvalue weighted by Crippen LogP contribution is -2.57. The molecule has 0 aliphatic carbocycles. The number of amides is 1. The number of nitrogens with zero attached hydrogens (tertiary/aromatic N) is 1. The third-order valence-corrected chi connectivity index (χ3v) is 3.09. The quantitative estimate of drug-likeness (QED) is 0.876. The zero-order valence-corrected chi connectivity index (χ0v) is 9.82. The molecule has 6 heteroatoms. The highest BCUT2D eigenvalue weighted by Gasteiger charge is 2.47. The van der Waals surface area contributed by atoms with Gasteiger partial charge in [-0.1, -0.05) is 0 Å². The molecule has 0 radical (unpaired) electrons. The molecule has 1 amide bonds. The number of hydrogen-bond acceptors (Lipinski definition) is 3. The van der Waals surface area contributed by atoms with Gasteiger partial charge in [-0.15, -0.1) is 0 Å². The first kappa shape index (κ1) is 12.9. The van der Waals surface area contributed by atoms with Gasteiger partial charge in [0.25, 0.3) is 0 Å². The van der Waals surface area contributed by atoms with Crippen molar-refractivity contribution in [1.29, 1.82) is 0 Å². The predicted octanol–water partition coefficient (Wildman–Crippen LogP) is 0.936. The lowest BCUT2D eigenvalue weighted by Gasteiger charge is -2.40. The van der Waals surface area contributed by atoms with Crippen molar-refractivity contribution in [2.45, 2.75) is 0 Å². The van der Waals surface area contributed by atoms with Gasteiger partial charge in [0.05, 0.1) is 25.5 Å². The van der Waals surface area contributed by atoms with E-state index in [1.54, 1.807) is 0 Å². The molecule has 0 saturated carbocycles. The third-order valence-electron chi connectivity index (χ3n) is 3.09. The highest BCUT2D eigenvalue weighted by Crippen LogP contribution is 2.31. The second-order valence-corrected chi connectivity index (χ2v) is 4.39. The van der Waals surface area contributed by atoms with Gasteiger partial charge in [-0.25, -0.2) is 8.78 Å². The summed E-state index contributed by atoms with van der Waals surface area (Å²) >= 11 is 0. The van der Waals surface area contributed by atoms with Crippen LogP contribution >= 0.6 is 0 Å². The molecular formula is C12H13F2NO3. The molecule has 1 aliphatic heterocycles. The Morgan fingerprint density at radius 1 is 1.50 bits per heavy atom. The number of benzene rings is 1. The summed E-state index contributed by atoms with van der Waals surface area (Å²) in [4.78, 5) is 13.2. The van der Waals surface area contributed by atoms with Gasteiger partial charge in [0.2, 0.25) is 5.91 Å². The first-order chi connectivity index (χ1) is 8.50. The average molecular weight is 257 g/mol. The Kier molecular flexibility index (Phi) is 3.32. The summed E-state index contributed by atoms with van der Waals surface area (Å²) in [7, 11) is 1.38. The topological polar surface area (TPSA) is 49.8 Å². The first-order valence-corrected chi connectivity index (χ1v) is 5.42. The van der Waals surface area contributed by atoms with E-state index in [-0.39, 0.29) is 25.5 Å². The Bertz CT molecular complexity index is 469. The Morgan fingerprint density at radius 2 is 2.17 bits per heavy atom. The monoisotopic (exact) mass is 257 g/mol. The predicted molar refractivity (Wildman–Crippen MR) is 60.1 cm³/mol. The fourth-order valence-corrected chi connectivity index (χ4v) is 1.85. The zero-order chi connectivity index (χ0) is 13.3. The maximum atomic E-state index is 13.5. The molecule has 0 atom stereocenters. The second kappa shape index (κ2) is 4.62. The van der Waals surface area contributed by atoms with Crippen LogP contribution in [0.1, 0.15) is 0 Å². The van der Waals surface area contributed by atoms with E-state index in [1.807, 2.05) is 0 Å². The molecule has 1 aliphatic rings. The van der Waals surface area contributed by atoms with E-state index in [1.165, 1.54) is 13.1 Å². The minimum absolute atomic E-state index is 0.0267. The molecule has 1 aromatic carbocycles. The minimum atomic E-state index is -1.00. The molecule has 0 spiro atoms. The third kappa shape index (κ3) is 1.97. The number of aliphatic hydroxyl groups is 1. The molecule has 1 saturated heterocycles. The van der Waals surface area contributed by atoms with Gasteiger partial charge < -0.3 is 14.7 Å². The average Bonchev–Trinajstić information content (AvgIpc) is 2.27. The highest BCUT2D eigenvalue weighted by atomic mass is 19.1. The van der Waals surface area contributed by atoms with Gasteiger partial charge in [-0.2, -0.15) is 0 Å². The number of hydrogen-bond donors (Lipinski definition) is 1. The van der Waals surface area contributed by atoms with Crippen molar-refractivity contribution in [3.05, 3.63) is 29.8 Å². The molecule has 2 rings (SSSR count). The fourth-order valence-electron chi connectivity index (χ4n) is 1.85. The Labute approximate surface area is 103 Å². The van der Waals surface area contributed by atoms with Crippen molar-refractivity contribution < 1.29 is 23.4 Å². The number of anilines is 1. The van der Waals surface area contributed by atoms with Crippen molar-refractivity contribution in [1.82, 2.24) is 0 Å². The highest BCUT2D eigenvalue weighted by molar-refractivity contribution is 5.98. The lowest BCUT2D eigenvalue weighted by atomic mass is 9.85. The number of carbonyl (C=O) groups is 1. The van der Waals surface area contributed by atoms with Crippen molar-refractivity contribution in [3.63, 3.8) is 0 Å². The van der Waals surface area contributed by atoms with Crippen LogP contribution in [0, 0.1) is 17.0 Å². The number of rotatable bonds is 3. The van der Waals surface area contributed by atoms with Gasteiger partial charge >= 0.3 is 0 Å². The normalized spacial score (nSPS) is 17.1. The summed E-state index contributed by atoms with van der Waals surface area (Å²) in [5.74, 6) is -1.97. The summed E-state index contributed by atoms with van der Waals surface area (Å²) in [6, 6.07) is 2.97. The lowest BCUT2D eigenvalue weighted by molar-refractivity contribution is -0.167. The largest absolute Gasteiger partial charge is 0.395 e. The maximum absolute atomic E-state index is 13.5. The van der Waals surface area contributed by atoms with Gasteiger partial charge in [-0.3, -0.25) is 4.79 Å². The van der Waals surface area contributed by atoms with Crippen LogP contribution < -0.4 is 4.90 Å². The van der Waals surface area contributed by atoms with Crippen LogP contribution in [0.5, 0.6) is 0 Å². The molecule has 0 aromatic heterocycles. The van der Waals surface area contributed by atoms with E-state index in [9.17, 15) is 18.7 Å². The number of carbonyl (C=O) groups excluding carboxylic acids is 1. The maximum Gasteiger partial charge on any atom is 0.240 e. The smallest absolute Gasteiger partial charge is 0.240 e. The Hall–Kier alpha value is -1.53. The van der Waals surface area contributed by atoms with Gasteiger partial charge in [0.1, 0.15) is 17.0 Å². The van der Waals surface area contributed by atoms with Crippen LogP contribution in [0.25, 0.3) is 0 Å². The van der Waals surface area contributed by atoms with Crippen LogP contribution in [-0.4, -0.2) is 37.9 Å². The van der Waals surface area contributed by atoms with Crippen molar-refractivity contribution in [3.8, 4) is 0 Å². The minimum Gasteiger partial charge on any atom is -0.395 e. The van der Waals surface area contributed by atoms with E-state index < -0.39 is 23.0 Å². The van der Waals surface area contributed by atoms with Gasteiger partial charge in [0.15, 0.2) is 0 Å². The van der Waals surface area contributed by atoms with Gasteiger partial charge in [0, 0.05) is 13.1 Å². The number of ether oxygens (including phenoxy) is 1. The SMILES string of the molecule is CN(C(=O)C1(CO)COC1)c1ccc(F)cc1F. The van der Waals surface area contributed by atoms with Crippen LogP contribution in [-0.2, 0) is 9.53 Å². The summed E-state index contributed by atoms with van der Waals surface area (Å²) in [6.45, 7) is -0.149. The molecule has 0 unspecified atom stereocenters. The van der Waals surface area contributed by atoms with E-state index >= 15 is 0 Å². The zero-order valence-electron chi connectivity index (χ0n) is 9.82. The van der Waals surface area contributed by atoms with E-state index in [2.05, 4.69) is 0 Å². The first-order valence-electron chi connectivity index (χ1n) is 5.42. The standard InChI is InChI=1S/C12H13F2NO3/c1-15(10-3-2-8(13)4-9(10)14)11(17)12(5-16)6-18-7-12/h2-4,16H,5-7H2,1H3. The Morgan fingerprint density at radius 3 is 2.61 bits per heavy atom. The number of halogens is 2. The summed E-state index contributed by atoms with van der Waals surface area (Å²) < 4.78 is 31.3. The van der Waals surface area contributed by atoms with E-state index in [0.717, 1.165) is 11.0 Å². The summed E-state index contributed by atoms with van der Waals surface area (Å²) in [5.41, 5.74) is -1.03. The van der Waals surface area contributed by atoms with Crippen molar-refractivity contribution in [2.24, 2.45) is 5.41 Å². The van der Waals surface area contributed by atoms with Crippen molar-refractivity contribution in [2.75, 3.05) is 31.8 Å². The molecular weight excluding hydrogens is 244 g/mol. The van der Waals surface area contributed by atoms with Crippen LogP contribution in [0.3, 0.4) is 0 Å². The van der Waals surface area contributed by atoms with Crippen molar-refractivity contribution >= 4 is 11.6 Å². The molecule has 4 nitrogen and oxygen atoms in total. The second-order valence-electron chi connectivity index (χ2n) is 4.39. The van der Waals surface area contributed by atoms with Gasteiger partial charge in [-0.05, 0) is 12.1 Å². The molecule has 1 fully saturated rings. The Balaban J connectivity index is 2.25. The number of aliphatic hydroxyl groups excluding tert-OH is 1. The molecule has 18 heavy (non-hydrogen) atoms. The molecule has 1 heterocycles. The van der Waals surface area contributed by atoms with E-state index in [0.29, 0.717) is 6.07 Å². The molecule has 98 valence electrons. The summed E-state index contributed by atoms with van der Waals surface area (Å²) in [5, 5.41) is 9.23. The molecule has 1 aromatic rings. The van der Waals surface area contributed by atoms with Crippen LogP contribution in [0.2, 0.25) is 0 Å². The molecule has 0 bridgehead atoms. The molecule has 1 N–H and O–H groups in total. The fraction of sp³-hybridized carbons (Fsp3) is 0.417. The van der Waals surface area contributed by atoms with Crippen LogP contribution in [0.4, 0.5) is 14.5 Å².